The monoisotopic (exact) mass is 371 g/mol. The first-order valence-electron chi connectivity index (χ1n) is 9.18. The van der Waals surface area contributed by atoms with Gasteiger partial charge in [-0.05, 0) is 62.4 Å². The summed E-state index contributed by atoms with van der Waals surface area (Å²) in [6.07, 6.45) is 2.45. The summed E-state index contributed by atoms with van der Waals surface area (Å²) in [5, 5.41) is 10.6. The van der Waals surface area contributed by atoms with Crippen molar-refractivity contribution in [2.24, 2.45) is 0 Å². The minimum atomic E-state index is -0.669. The van der Waals surface area contributed by atoms with E-state index in [0.717, 1.165) is 41.1 Å². The van der Waals surface area contributed by atoms with Crippen LogP contribution in [0.4, 0.5) is 0 Å². The van der Waals surface area contributed by atoms with E-state index in [1.54, 1.807) is 0 Å². The Labute approximate surface area is 160 Å². The Morgan fingerprint density at radius 1 is 1.19 bits per heavy atom. The van der Waals surface area contributed by atoms with Crippen LogP contribution in [0.3, 0.4) is 0 Å². The number of nitrogens with zero attached hydrogens (tertiary/aromatic N) is 1. The molecule has 0 unspecified atom stereocenters. The van der Waals surface area contributed by atoms with Crippen molar-refractivity contribution in [3.63, 3.8) is 0 Å². The molecule has 0 spiro atoms. The first-order valence-corrected chi connectivity index (χ1v) is 9.56. The second-order valence-corrected chi connectivity index (χ2v) is 8.17. The van der Waals surface area contributed by atoms with Crippen molar-refractivity contribution in [1.29, 1.82) is 0 Å². The highest BCUT2D eigenvalue weighted by molar-refractivity contribution is 6.31. The molecule has 0 radical (unpaired) electrons. The summed E-state index contributed by atoms with van der Waals surface area (Å²) in [6, 6.07) is 15.7. The van der Waals surface area contributed by atoms with Gasteiger partial charge < -0.3 is 10.0 Å². The maximum atomic E-state index is 12.8. The van der Waals surface area contributed by atoms with Gasteiger partial charge in [-0.25, -0.2) is 0 Å². The lowest BCUT2D eigenvalue weighted by atomic mass is 9.98. The lowest BCUT2D eigenvalue weighted by molar-refractivity contribution is 0.0713. The van der Waals surface area contributed by atoms with Gasteiger partial charge in [0, 0.05) is 29.6 Å². The number of likely N-dealkylation sites (tertiary alicyclic amines) is 1. The van der Waals surface area contributed by atoms with Crippen LogP contribution in [0.2, 0.25) is 5.02 Å². The predicted molar refractivity (Wildman–Crippen MR) is 106 cm³/mol. The fourth-order valence-electron chi connectivity index (χ4n) is 3.45. The summed E-state index contributed by atoms with van der Waals surface area (Å²) >= 11 is 6.31. The van der Waals surface area contributed by atoms with Gasteiger partial charge in [0.05, 0.1) is 5.60 Å². The van der Waals surface area contributed by atoms with Crippen molar-refractivity contribution in [3.8, 4) is 0 Å². The van der Waals surface area contributed by atoms with Gasteiger partial charge in [-0.1, -0.05) is 41.9 Å². The molecular weight excluding hydrogens is 346 g/mol. The van der Waals surface area contributed by atoms with E-state index in [1.165, 1.54) is 0 Å². The second kappa shape index (κ2) is 7.81. The topological polar surface area (TPSA) is 40.5 Å². The van der Waals surface area contributed by atoms with E-state index in [9.17, 15) is 9.90 Å². The van der Waals surface area contributed by atoms with Crippen molar-refractivity contribution < 1.29 is 9.90 Å². The van der Waals surface area contributed by atoms with Crippen molar-refractivity contribution in [2.45, 2.75) is 44.6 Å². The smallest absolute Gasteiger partial charge is 0.253 e. The van der Waals surface area contributed by atoms with E-state index in [-0.39, 0.29) is 5.91 Å². The largest absolute Gasteiger partial charge is 0.390 e. The van der Waals surface area contributed by atoms with Crippen LogP contribution in [0, 0.1) is 0 Å². The number of carbonyl (C=O) groups excluding carboxylic acids is 1. The van der Waals surface area contributed by atoms with Crippen molar-refractivity contribution in [2.75, 3.05) is 13.1 Å². The molecule has 138 valence electrons. The molecule has 0 bridgehead atoms. The number of aryl methyl sites for hydroxylation is 1. The number of hydrogen-bond donors (Lipinski definition) is 1. The number of amides is 1. The van der Waals surface area contributed by atoms with Crippen molar-refractivity contribution in [1.82, 2.24) is 4.90 Å². The summed E-state index contributed by atoms with van der Waals surface area (Å²) in [7, 11) is 0. The third kappa shape index (κ3) is 4.66. The van der Waals surface area contributed by atoms with E-state index in [1.807, 2.05) is 61.2 Å². The molecule has 26 heavy (non-hydrogen) atoms. The maximum Gasteiger partial charge on any atom is 0.253 e. The fourth-order valence-corrected chi connectivity index (χ4v) is 3.74. The van der Waals surface area contributed by atoms with Crippen LogP contribution in [-0.4, -0.2) is 34.6 Å². The molecule has 1 aliphatic rings. The van der Waals surface area contributed by atoms with Crippen LogP contribution < -0.4 is 0 Å². The summed E-state index contributed by atoms with van der Waals surface area (Å²) in [4.78, 5) is 14.7. The number of hydrogen-bond acceptors (Lipinski definition) is 2. The van der Waals surface area contributed by atoms with Crippen LogP contribution in [0.1, 0.15) is 54.1 Å². The Morgan fingerprint density at radius 2 is 1.88 bits per heavy atom. The number of halogens is 1. The second-order valence-electron chi connectivity index (χ2n) is 7.77. The fraction of sp³-hybridized carbons (Fsp3) is 0.409. The average Bonchev–Trinajstić information content (AvgIpc) is 3.09. The number of rotatable bonds is 5. The van der Waals surface area contributed by atoms with Gasteiger partial charge in [0.25, 0.3) is 5.91 Å². The first kappa shape index (κ1) is 18.9. The number of benzene rings is 2. The molecule has 1 amide bonds. The molecule has 2 aromatic rings. The van der Waals surface area contributed by atoms with Crippen LogP contribution in [0.15, 0.2) is 48.5 Å². The first-order chi connectivity index (χ1) is 12.3. The predicted octanol–water partition coefficient (Wildman–Crippen LogP) is 4.67. The highest BCUT2D eigenvalue weighted by Gasteiger charge is 2.29. The van der Waals surface area contributed by atoms with Gasteiger partial charge >= 0.3 is 0 Å². The summed E-state index contributed by atoms with van der Waals surface area (Å²) in [5.74, 6) is 0.382. The molecule has 2 aromatic carbocycles. The molecule has 4 heteroatoms. The molecule has 0 aliphatic carbocycles. The zero-order valence-corrected chi connectivity index (χ0v) is 16.2. The van der Waals surface area contributed by atoms with Crippen LogP contribution in [-0.2, 0) is 6.42 Å². The molecule has 1 N–H and O–H groups in total. The highest BCUT2D eigenvalue weighted by atomic mass is 35.5. The summed E-state index contributed by atoms with van der Waals surface area (Å²) in [6.45, 7) is 5.10. The van der Waals surface area contributed by atoms with E-state index in [4.69, 9.17) is 11.6 Å². The van der Waals surface area contributed by atoms with E-state index in [0.29, 0.717) is 18.9 Å². The van der Waals surface area contributed by atoms with Gasteiger partial charge in [0.1, 0.15) is 0 Å². The quantitative estimate of drug-likeness (QED) is 0.829. The van der Waals surface area contributed by atoms with Crippen molar-refractivity contribution in [3.05, 3.63) is 70.2 Å². The van der Waals surface area contributed by atoms with Gasteiger partial charge in [-0.15, -0.1) is 0 Å². The third-order valence-electron chi connectivity index (χ3n) is 5.05. The van der Waals surface area contributed by atoms with E-state index in [2.05, 4.69) is 6.07 Å². The molecule has 1 aliphatic heterocycles. The minimum Gasteiger partial charge on any atom is -0.390 e. The zero-order valence-electron chi connectivity index (χ0n) is 15.4. The minimum absolute atomic E-state index is 0.0774. The molecule has 0 aromatic heterocycles. The van der Waals surface area contributed by atoms with Crippen LogP contribution in [0.5, 0.6) is 0 Å². The molecule has 1 heterocycles. The third-order valence-corrected chi connectivity index (χ3v) is 5.39. The Bertz CT molecular complexity index is 764. The van der Waals surface area contributed by atoms with Crippen LogP contribution >= 0.6 is 11.6 Å². The standard InChI is InChI=1S/C22H26ClNO2/c1-22(2,26)13-11-16-7-9-17(10-8-16)21(25)24-14-12-18(15-24)19-5-3-4-6-20(19)23/h3-10,18,26H,11-15H2,1-2H3/t18-/m1/s1. The van der Waals surface area contributed by atoms with Gasteiger partial charge in [-0.3, -0.25) is 4.79 Å². The Balaban J connectivity index is 1.62. The number of carbonyl (C=O) groups is 1. The maximum absolute atomic E-state index is 12.8. The van der Waals surface area contributed by atoms with Gasteiger partial charge in [0.2, 0.25) is 0 Å². The molecule has 1 fully saturated rings. The Hall–Kier alpha value is -1.84. The summed E-state index contributed by atoms with van der Waals surface area (Å²) in [5.41, 5.74) is 2.32. The molecule has 3 rings (SSSR count). The zero-order chi connectivity index (χ0) is 18.7. The number of aliphatic hydroxyl groups is 1. The Morgan fingerprint density at radius 3 is 2.54 bits per heavy atom. The van der Waals surface area contributed by atoms with Crippen molar-refractivity contribution >= 4 is 17.5 Å². The summed E-state index contributed by atoms with van der Waals surface area (Å²) < 4.78 is 0. The molecule has 1 saturated heterocycles. The molecule has 0 saturated carbocycles. The normalized spacial score (nSPS) is 17.5. The average molecular weight is 372 g/mol. The highest BCUT2D eigenvalue weighted by Crippen LogP contribution is 2.32. The molecular formula is C22H26ClNO2. The molecule has 1 atom stereocenters. The SMILES string of the molecule is CC(C)(O)CCc1ccc(C(=O)N2CC[C@@H](c3ccccc3Cl)C2)cc1. The van der Waals surface area contributed by atoms with Gasteiger partial charge in [0.15, 0.2) is 0 Å². The van der Waals surface area contributed by atoms with Gasteiger partial charge in [-0.2, -0.15) is 0 Å². The van der Waals surface area contributed by atoms with E-state index >= 15 is 0 Å². The molecule has 3 nitrogen and oxygen atoms in total. The van der Waals surface area contributed by atoms with Crippen LogP contribution in [0.25, 0.3) is 0 Å². The lowest BCUT2D eigenvalue weighted by Gasteiger charge is -2.18. The Kier molecular flexibility index (Phi) is 5.69. The lowest BCUT2D eigenvalue weighted by Crippen LogP contribution is -2.28. The van der Waals surface area contributed by atoms with E-state index < -0.39 is 5.60 Å².